The number of alkyl halides is 4. The number of aromatic nitrogens is 2. The zero-order chi connectivity index (χ0) is 23.6. The first-order chi connectivity index (χ1) is 15.7. The van der Waals surface area contributed by atoms with Crippen molar-refractivity contribution in [2.75, 3.05) is 12.4 Å². The fourth-order valence-corrected chi connectivity index (χ4v) is 4.75. The van der Waals surface area contributed by atoms with Crippen molar-refractivity contribution >= 4 is 46.0 Å². The standard InChI is InChI=1S/C23H16Cl2F4N2OS/c24-16-12-17-22(21(25)20(16)15-3-1-2-4-18(15)32-23(27,28)29)31-19(30-17)11-13-5-7-14(8-6-13)33-10-9-26/h1-8,12H,9-11H2,(H,30,31). The highest BCUT2D eigenvalue weighted by molar-refractivity contribution is 7.99. The predicted molar refractivity (Wildman–Crippen MR) is 124 cm³/mol. The third kappa shape index (κ3) is 5.57. The molecule has 0 unspecified atom stereocenters. The van der Waals surface area contributed by atoms with Crippen LogP contribution in [0.15, 0.2) is 59.5 Å². The van der Waals surface area contributed by atoms with Gasteiger partial charge in [-0.15, -0.1) is 24.9 Å². The summed E-state index contributed by atoms with van der Waals surface area (Å²) >= 11 is 14.4. The number of hydrogen-bond acceptors (Lipinski definition) is 3. The summed E-state index contributed by atoms with van der Waals surface area (Å²) in [6, 6.07) is 14.9. The molecule has 1 N–H and O–H groups in total. The second-order valence-electron chi connectivity index (χ2n) is 7.03. The number of halogens is 6. The summed E-state index contributed by atoms with van der Waals surface area (Å²) in [4.78, 5) is 8.68. The Balaban J connectivity index is 1.68. The number of para-hydroxylation sites is 1. The van der Waals surface area contributed by atoms with Gasteiger partial charge >= 0.3 is 6.36 Å². The number of benzene rings is 3. The third-order valence-corrected chi connectivity index (χ3v) is 6.37. The normalized spacial score (nSPS) is 11.8. The van der Waals surface area contributed by atoms with Crippen LogP contribution >= 0.6 is 35.0 Å². The Kier molecular flexibility index (Phi) is 7.07. The average Bonchev–Trinajstić information content (AvgIpc) is 3.16. The maximum atomic E-state index is 12.9. The molecule has 0 aliphatic heterocycles. The molecule has 0 saturated carbocycles. The molecule has 0 atom stereocenters. The van der Waals surface area contributed by atoms with Gasteiger partial charge in [-0.1, -0.05) is 53.5 Å². The van der Waals surface area contributed by atoms with Gasteiger partial charge in [-0.25, -0.2) is 4.98 Å². The van der Waals surface area contributed by atoms with Gasteiger partial charge in [-0.2, -0.15) is 0 Å². The van der Waals surface area contributed by atoms with Crippen LogP contribution in [0.2, 0.25) is 10.0 Å². The first-order valence-corrected chi connectivity index (χ1v) is 11.5. The summed E-state index contributed by atoms with van der Waals surface area (Å²) in [5.74, 6) is 0.612. The Labute approximate surface area is 201 Å². The van der Waals surface area contributed by atoms with E-state index >= 15 is 0 Å². The van der Waals surface area contributed by atoms with Gasteiger partial charge < -0.3 is 9.72 Å². The van der Waals surface area contributed by atoms with E-state index in [1.54, 1.807) is 12.1 Å². The molecule has 0 fully saturated rings. The van der Waals surface area contributed by atoms with E-state index in [1.165, 1.54) is 30.0 Å². The number of fused-ring (bicyclic) bond motifs is 1. The van der Waals surface area contributed by atoms with Gasteiger partial charge in [-0.3, -0.25) is 4.39 Å². The van der Waals surface area contributed by atoms with Crippen molar-refractivity contribution in [1.82, 2.24) is 9.97 Å². The lowest BCUT2D eigenvalue weighted by Crippen LogP contribution is -2.17. The number of H-pyrrole nitrogens is 1. The molecule has 1 heterocycles. The Morgan fingerprint density at radius 1 is 1.03 bits per heavy atom. The molecule has 3 aromatic carbocycles. The van der Waals surface area contributed by atoms with Crippen LogP contribution in [-0.4, -0.2) is 28.8 Å². The van der Waals surface area contributed by atoms with Crippen LogP contribution in [0.25, 0.3) is 22.2 Å². The van der Waals surface area contributed by atoms with Crippen LogP contribution in [0.4, 0.5) is 17.6 Å². The number of nitrogens with zero attached hydrogens (tertiary/aromatic N) is 1. The number of thioether (sulfide) groups is 1. The fraction of sp³-hybridized carbons (Fsp3) is 0.174. The number of imidazole rings is 1. The number of nitrogens with one attached hydrogen (secondary N) is 1. The molecule has 0 saturated heterocycles. The van der Waals surface area contributed by atoms with E-state index in [4.69, 9.17) is 23.2 Å². The Hall–Kier alpha value is -2.42. The van der Waals surface area contributed by atoms with Gasteiger partial charge in [0, 0.05) is 28.2 Å². The molecule has 4 aromatic rings. The van der Waals surface area contributed by atoms with Crippen molar-refractivity contribution in [3.8, 4) is 16.9 Å². The summed E-state index contributed by atoms with van der Waals surface area (Å²) < 4.78 is 55.1. The molecule has 4 rings (SSSR count). The maximum absolute atomic E-state index is 12.9. The molecule has 0 aliphatic rings. The lowest BCUT2D eigenvalue weighted by atomic mass is 10.0. The van der Waals surface area contributed by atoms with E-state index in [0.717, 1.165) is 10.5 Å². The SMILES string of the molecule is FCCSc1ccc(Cc2nc3c(Cl)c(-c4ccccc4OC(F)(F)F)c(Cl)cc3[nH]2)cc1. The van der Waals surface area contributed by atoms with Gasteiger partial charge in [0.05, 0.1) is 22.2 Å². The van der Waals surface area contributed by atoms with Crippen LogP contribution in [-0.2, 0) is 6.42 Å². The minimum absolute atomic E-state index is 0.109. The highest BCUT2D eigenvalue weighted by Crippen LogP contribution is 2.44. The van der Waals surface area contributed by atoms with Crippen molar-refractivity contribution in [1.29, 1.82) is 0 Å². The molecule has 172 valence electrons. The quantitative estimate of drug-likeness (QED) is 0.200. The minimum atomic E-state index is -4.86. The molecular formula is C23H16Cl2F4N2OS. The van der Waals surface area contributed by atoms with E-state index in [0.29, 0.717) is 29.0 Å². The Bertz CT molecular complexity index is 1280. The lowest BCUT2D eigenvalue weighted by Gasteiger charge is -2.15. The minimum Gasteiger partial charge on any atom is -0.405 e. The second kappa shape index (κ2) is 9.83. The first-order valence-electron chi connectivity index (χ1n) is 9.74. The molecule has 0 spiro atoms. The monoisotopic (exact) mass is 514 g/mol. The predicted octanol–water partition coefficient (Wildman–Crippen LogP) is 8.09. The van der Waals surface area contributed by atoms with Crippen molar-refractivity contribution in [3.63, 3.8) is 0 Å². The highest BCUT2D eigenvalue weighted by atomic mass is 35.5. The summed E-state index contributed by atoms with van der Waals surface area (Å²) in [5.41, 5.74) is 2.25. The van der Waals surface area contributed by atoms with Crippen LogP contribution in [0.5, 0.6) is 5.75 Å². The van der Waals surface area contributed by atoms with E-state index < -0.39 is 12.1 Å². The first kappa shape index (κ1) is 23.7. The number of aromatic amines is 1. The van der Waals surface area contributed by atoms with Crippen LogP contribution < -0.4 is 4.74 Å². The van der Waals surface area contributed by atoms with Crippen molar-refractivity contribution in [2.45, 2.75) is 17.7 Å². The Morgan fingerprint density at radius 2 is 1.76 bits per heavy atom. The van der Waals surface area contributed by atoms with E-state index in [9.17, 15) is 17.6 Å². The summed E-state index contributed by atoms with van der Waals surface area (Å²) in [5, 5.41) is 0.284. The van der Waals surface area contributed by atoms with E-state index in [2.05, 4.69) is 14.7 Å². The summed E-state index contributed by atoms with van der Waals surface area (Å²) in [6.07, 6.45) is -4.39. The van der Waals surface area contributed by atoms with Gasteiger partial charge in [-0.05, 0) is 29.8 Å². The van der Waals surface area contributed by atoms with Crippen LogP contribution in [0.1, 0.15) is 11.4 Å². The molecule has 0 aliphatic carbocycles. The average molecular weight is 515 g/mol. The fourth-order valence-electron chi connectivity index (χ4n) is 3.40. The number of hydrogen-bond donors (Lipinski definition) is 1. The highest BCUT2D eigenvalue weighted by Gasteiger charge is 2.32. The molecule has 33 heavy (non-hydrogen) atoms. The summed E-state index contributed by atoms with van der Waals surface area (Å²) in [6.45, 7) is -0.385. The molecule has 10 heteroatoms. The van der Waals surface area contributed by atoms with Gasteiger partial charge in [0.15, 0.2) is 0 Å². The molecule has 0 bridgehead atoms. The van der Waals surface area contributed by atoms with Crippen molar-refractivity contribution < 1.29 is 22.3 Å². The van der Waals surface area contributed by atoms with Crippen LogP contribution in [0, 0.1) is 0 Å². The molecule has 1 aromatic heterocycles. The number of rotatable bonds is 7. The van der Waals surface area contributed by atoms with Crippen molar-refractivity contribution in [2.24, 2.45) is 0 Å². The van der Waals surface area contributed by atoms with Gasteiger partial charge in [0.25, 0.3) is 0 Å². The van der Waals surface area contributed by atoms with Crippen LogP contribution in [0.3, 0.4) is 0 Å². The van der Waals surface area contributed by atoms with E-state index in [-0.39, 0.29) is 27.8 Å². The molecular weight excluding hydrogens is 499 g/mol. The second-order valence-corrected chi connectivity index (χ2v) is 8.98. The molecule has 0 radical (unpaired) electrons. The van der Waals surface area contributed by atoms with E-state index in [1.807, 2.05) is 24.3 Å². The molecule has 3 nitrogen and oxygen atoms in total. The van der Waals surface area contributed by atoms with Gasteiger partial charge in [0.1, 0.15) is 17.1 Å². The zero-order valence-electron chi connectivity index (χ0n) is 16.8. The van der Waals surface area contributed by atoms with Gasteiger partial charge in [0.2, 0.25) is 0 Å². The van der Waals surface area contributed by atoms with Crippen molar-refractivity contribution in [3.05, 3.63) is 76.0 Å². The molecule has 0 amide bonds. The maximum Gasteiger partial charge on any atom is 0.573 e. The number of ether oxygens (including phenoxy) is 1. The topological polar surface area (TPSA) is 37.9 Å². The lowest BCUT2D eigenvalue weighted by molar-refractivity contribution is -0.274. The summed E-state index contributed by atoms with van der Waals surface area (Å²) in [7, 11) is 0. The smallest absolute Gasteiger partial charge is 0.405 e. The Morgan fingerprint density at radius 3 is 2.45 bits per heavy atom. The third-order valence-electron chi connectivity index (χ3n) is 4.74. The largest absolute Gasteiger partial charge is 0.573 e. The zero-order valence-corrected chi connectivity index (χ0v) is 19.2.